The van der Waals surface area contributed by atoms with Crippen LogP contribution in [0.25, 0.3) is 0 Å². The van der Waals surface area contributed by atoms with Crippen LogP contribution in [0.2, 0.25) is 5.02 Å². The maximum Gasteiger partial charge on any atom is 0.317 e. The molecule has 21 heavy (non-hydrogen) atoms. The lowest BCUT2D eigenvalue weighted by molar-refractivity contribution is 0.188. The Bertz CT molecular complexity index is 436. The summed E-state index contributed by atoms with van der Waals surface area (Å²) in [6.45, 7) is 4.13. The van der Waals surface area contributed by atoms with Crippen molar-refractivity contribution in [3.8, 4) is 0 Å². The number of aliphatic hydroxyl groups excluding tert-OH is 1. The van der Waals surface area contributed by atoms with Gasteiger partial charge in [-0.2, -0.15) is 0 Å². The van der Waals surface area contributed by atoms with E-state index >= 15 is 0 Å². The molecule has 0 aliphatic carbocycles. The number of benzene rings is 1. The zero-order valence-electron chi connectivity index (χ0n) is 13.0. The maximum atomic E-state index is 12.1. The third kappa shape index (κ3) is 6.36. The predicted octanol–water partition coefficient (Wildman–Crippen LogP) is 3.07. The highest BCUT2D eigenvalue weighted by Crippen LogP contribution is 2.13. The van der Waals surface area contributed by atoms with Gasteiger partial charge in [0.1, 0.15) is 0 Å². The van der Waals surface area contributed by atoms with Gasteiger partial charge in [0, 0.05) is 30.8 Å². The SMILES string of the molecule is CC(CCCO)NC(=O)N(C)C(C)Cc1ccc(Cl)cc1. The van der Waals surface area contributed by atoms with Gasteiger partial charge in [-0.15, -0.1) is 0 Å². The molecule has 5 heteroatoms. The van der Waals surface area contributed by atoms with Crippen LogP contribution in [0.5, 0.6) is 0 Å². The van der Waals surface area contributed by atoms with Crippen LogP contribution < -0.4 is 5.32 Å². The van der Waals surface area contributed by atoms with Gasteiger partial charge in [0.2, 0.25) is 0 Å². The molecule has 0 aliphatic rings. The van der Waals surface area contributed by atoms with E-state index in [0.29, 0.717) is 6.42 Å². The number of aliphatic hydroxyl groups is 1. The summed E-state index contributed by atoms with van der Waals surface area (Å²) in [6, 6.07) is 7.76. The molecule has 0 aromatic heterocycles. The molecule has 1 aromatic carbocycles. The molecule has 0 aliphatic heterocycles. The first-order chi connectivity index (χ1) is 9.93. The van der Waals surface area contributed by atoms with E-state index in [1.807, 2.05) is 38.1 Å². The lowest BCUT2D eigenvalue weighted by Gasteiger charge is -2.27. The molecule has 0 saturated carbocycles. The molecule has 2 atom stereocenters. The van der Waals surface area contributed by atoms with Crippen LogP contribution in [-0.2, 0) is 6.42 Å². The third-order valence-electron chi connectivity index (χ3n) is 3.59. The third-order valence-corrected chi connectivity index (χ3v) is 3.84. The summed E-state index contributed by atoms with van der Waals surface area (Å²) < 4.78 is 0. The van der Waals surface area contributed by atoms with Crippen LogP contribution in [0.15, 0.2) is 24.3 Å². The molecular formula is C16H25ClN2O2. The zero-order chi connectivity index (χ0) is 15.8. The molecular weight excluding hydrogens is 288 g/mol. The van der Waals surface area contributed by atoms with Gasteiger partial charge in [0.25, 0.3) is 0 Å². The minimum Gasteiger partial charge on any atom is -0.396 e. The summed E-state index contributed by atoms with van der Waals surface area (Å²) in [7, 11) is 1.80. The van der Waals surface area contributed by atoms with Crippen LogP contribution in [0, 0.1) is 0 Å². The number of carbonyl (C=O) groups excluding carboxylic acids is 1. The van der Waals surface area contributed by atoms with Crippen LogP contribution >= 0.6 is 11.6 Å². The summed E-state index contributed by atoms with van der Waals surface area (Å²) in [5.74, 6) is 0. The van der Waals surface area contributed by atoms with Gasteiger partial charge in [-0.1, -0.05) is 23.7 Å². The largest absolute Gasteiger partial charge is 0.396 e. The van der Waals surface area contributed by atoms with E-state index in [4.69, 9.17) is 16.7 Å². The molecule has 1 aromatic rings. The fourth-order valence-electron chi connectivity index (χ4n) is 2.08. The molecule has 4 nitrogen and oxygen atoms in total. The summed E-state index contributed by atoms with van der Waals surface area (Å²) in [6.07, 6.45) is 2.26. The van der Waals surface area contributed by atoms with E-state index in [9.17, 15) is 4.79 Å². The Labute approximate surface area is 132 Å². The van der Waals surface area contributed by atoms with E-state index in [1.54, 1.807) is 11.9 Å². The minimum absolute atomic E-state index is 0.0647. The number of amides is 2. The summed E-state index contributed by atoms with van der Waals surface area (Å²) in [4.78, 5) is 13.8. The Morgan fingerprint density at radius 2 is 1.95 bits per heavy atom. The second kappa shape index (κ2) is 8.90. The van der Waals surface area contributed by atoms with E-state index in [2.05, 4.69) is 5.32 Å². The maximum absolute atomic E-state index is 12.1. The topological polar surface area (TPSA) is 52.6 Å². The molecule has 0 radical (unpaired) electrons. The van der Waals surface area contributed by atoms with Gasteiger partial charge in [-0.25, -0.2) is 4.79 Å². The van der Waals surface area contributed by atoms with E-state index in [0.717, 1.165) is 23.4 Å². The van der Waals surface area contributed by atoms with Gasteiger partial charge in [0.05, 0.1) is 0 Å². The number of urea groups is 1. The first-order valence-corrected chi connectivity index (χ1v) is 7.70. The van der Waals surface area contributed by atoms with Crippen molar-refractivity contribution in [2.24, 2.45) is 0 Å². The number of carbonyl (C=O) groups is 1. The van der Waals surface area contributed by atoms with Crippen LogP contribution in [-0.4, -0.2) is 41.8 Å². The molecule has 0 bridgehead atoms. The van der Waals surface area contributed by atoms with Crippen molar-refractivity contribution >= 4 is 17.6 Å². The molecule has 0 fully saturated rings. The fourth-order valence-corrected chi connectivity index (χ4v) is 2.21. The highest BCUT2D eigenvalue weighted by atomic mass is 35.5. The Morgan fingerprint density at radius 1 is 1.33 bits per heavy atom. The normalized spacial score (nSPS) is 13.6. The minimum atomic E-state index is -0.0816. The summed E-state index contributed by atoms with van der Waals surface area (Å²) in [5.41, 5.74) is 1.15. The highest BCUT2D eigenvalue weighted by molar-refractivity contribution is 6.30. The van der Waals surface area contributed by atoms with Gasteiger partial charge < -0.3 is 15.3 Å². The first-order valence-electron chi connectivity index (χ1n) is 7.32. The standard InChI is InChI=1S/C16H25ClN2O2/c1-12(5-4-10-20)18-16(21)19(3)13(2)11-14-6-8-15(17)9-7-14/h6-9,12-13,20H,4-5,10-11H2,1-3H3,(H,18,21). The second-order valence-corrected chi connectivity index (χ2v) is 5.94. The average Bonchev–Trinajstić information content (AvgIpc) is 2.46. The Morgan fingerprint density at radius 3 is 2.52 bits per heavy atom. The Balaban J connectivity index is 2.47. The van der Waals surface area contributed by atoms with Crippen molar-refractivity contribution in [2.45, 2.75) is 45.2 Å². The number of rotatable bonds is 7. The first kappa shape index (κ1) is 17.8. The fraction of sp³-hybridized carbons (Fsp3) is 0.562. The van der Waals surface area contributed by atoms with Gasteiger partial charge in [-0.3, -0.25) is 0 Å². The van der Waals surface area contributed by atoms with Crippen molar-refractivity contribution < 1.29 is 9.90 Å². The van der Waals surface area contributed by atoms with E-state index < -0.39 is 0 Å². The number of nitrogens with one attached hydrogen (secondary N) is 1. The second-order valence-electron chi connectivity index (χ2n) is 5.51. The number of halogens is 1. The van der Waals surface area contributed by atoms with E-state index in [-0.39, 0.29) is 24.7 Å². The Hall–Kier alpha value is -1.26. The number of nitrogens with zero attached hydrogens (tertiary/aromatic N) is 1. The smallest absolute Gasteiger partial charge is 0.317 e. The summed E-state index contributed by atoms with van der Waals surface area (Å²) >= 11 is 5.87. The molecule has 0 heterocycles. The van der Waals surface area contributed by atoms with Crippen molar-refractivity contribution in [2.75, 3.05) is 13.7 Å². The number of hydrogen-bond donors (Lipinski definition) is 2. The van der Waals surface area contributed by atoms with Gasteiger partial charge in [-0.05, 0) is 50.8 Å². The van der Waals surface area contributed by atoms with E-state index in [1.165, 1.54) is 0 Å². The Kier molecular flexibility index (Phi) is 7.54. The van der Waals surface area contributed by atoms with Crippen LogP contribution in [0.4, 0.5) is 4.79 Å². The number of hydrogen-bond acceptors (Lipinski definition) is 2. The van der Waals surface area contributed by atoms with Crippen molar-refractivity contribution in [3.63, 3.8) is 0 Å². The molecule has 2 N–H and O–H groups in total. The van der Waals surface area contributed by atoms with Crippen molar-refractivity contribution in [3.05, 3.63) is 34.9 Å². The average molecular weight is 313 g/mol. The molecule has 0 saturated heterocycles. The van der Waals surface area contributed by atoms with Crippen LogP contribution in [0.1, 0.15) is 32.3 Å². The monoisotopic (exact) mass is 312 g/mol. The summed E-state index contributed by atoms with van der Waals surface area (Å²) in [5, 5.41) is 12.5. The van der Waals surface area contributed by atoms with Gasteiger partial charge in [0.15, 0.2) is 0 Å². The lowest BCUT2D eigenvalue weighted by Crippen LogP contribution is -2.46. The predicted molar refractivity (Wildman–Crippen MR) is 86.7 cm³/mol. The molecule has 0 spiro atoms. The molecule has 2 amide bonds. The van der Waals surface area contributed by atoms with Crippen LogP contribution in [0.3, 0.4) is 0 Å². The van der Waals surface area contributed by atoms with Crippen molar-refractivity contribution in [1.82, 2.24) is 10.2 Å². The number of likely N-dealkylation sites (N-methyl/N-ethyl adjacent to an activating group) is 1. The molecule has 2 unspecified atom stereocenters. The molecule has 1 rings (SSSR count). The van der Waals surface area contributed by atoms with Gasteiger partial charge >= 0.3 is 6.03 Å². The van der Waals surface area contributed by atoms with Crippen molar-refractivity contribution in [1.29, 1.82) is 0 Å². The highest BCUT2D eigenvalue weighted by Gasteiger charge is 2.17. The lowest BCUT2D eigenvalue weighted by atomic mass is 10.1. The molecule has 118 valence electrons. The zero-order valence-corrected chi connectivity index (χ0v) is 13.7. The quantitative estimate of drug-likeness (QED) is 0.813.